The standard InChI is InChI=1S/C7H7F2N3O3/c8-6(9)5-3(2-13)7(10)11-1-4(5)12(14)15/h1,6,13H,2H2,(H2,10,11). The molecule has 0 saturated heterocycles. The van der Waals surface area contributed by atoms with Crippen molar-refractivity contribution in [2.24, 2.45) is 0 Å². The molecule has 0 spiro atoms. The van der Waals surface area contributed by atoms with Gasteiger partial charge in [-0.25, -0.2) is 13.8 Å². The van der Waals surface area contributed by atoms with Crippen LogP contribution in [-0.4, -0.2) is 15.0 Å². The summed E-state index contributed by atoms with van der Waals surface area (Å²) in [5.74, 6) is -0.335. The first-order valence-electron chi connectivity index (χ1n) is 3.79. The van der Waals surface area contributed by atoms with Crippen molar-refractivity contribution in [2.45, 2.75) is 13.0 Å². The molecule has 1 aromatic heterocycles. The highest BCUT2D eigenvalue weighted by molar-refractivity contribution is 5.54. The van der Waals surface area contributed by atoms with E-state index in [1.54, 1.807) is 0 Å². The summed E-state index contributed by atoms with van der Waals surface area (Å²) in [5.41, 5.74) is 3.08. The summed E-state index contributed by atoms with van der Waals surface area (Å²) in [6.45, 7) is -0.819. The monoisotopic (exact) mass is 219 g/mol. The third kappa shape index (κ3) is 1.99. The van der Waals surface area contributed by atoms with E-state index in [-0.39, 0.29) is 5.82 Å². The normalized spacial score (nSPS) is 10.7. The van der Waals surface area contributed by atoms with Gasteiger partial charge in [-0.3, -0.25) is 10.1 Å². The molecule has 15 heavy (non-hydrogen) atoms. The summed E-state index contributed by atoms with van der Waals surface area (Å²) in [6.07, 6.45) is -2.44. The van der Waals surface area contributed by atoms with E-state index in [9.17, 15) is 18.9 Å². The number of halogens is 2. The van der Waals surface area contributed by atoms with E-state index in [0.29, 0.717) is 6.20 Å². The molecule has 1 heterocycles. The van der Waals surface area contributed by atoms with E-state index < -0.39 is 34.8 Å². The number of nitrogens with two attached hydrogens (primary N) is 1. The van der Waals surface area contributed by atoms with Gasteiger partial charge in [-0.1, -0.05) is 0 Å². The maximum Gasteiger partial charge on any atom is 0.296 e. The van der Waals surface area contributed by atoms with Crippen LogP contribution in [0.2, 0.25) is 0 Å². The zero-order valence-corrected chi connectivity index (χ0v) is 7.35. The van der Waals surface area contributed by atoms with Gasteiger partial charge in [0.2, 0.25) is 0 Å². The Morgan fingerprint density at radius 2 is 2.27 bits per heavy atom. The predicted molar refractivity (Wildman–Crippen MR) is 46.2 cm³/mol. The average Bonchev–Trinajstić information content (AvgIpc) is 2.16. The van der Waals surface area contributed by atoms with Crippen LogP contribution in [0.5, 0.6) is 0 Å². The highest BCUT2D eigenvalue weighted by Crippen LogP contribution is 2.33. The largest absolute Gasteiger partial charge is 0.392 e. The van der Waals surface area contributed by atoms with Crippen molar-refractivity contribution in [3.8, 4) is 0 Å². The Morgan fingerprint density at radius 1 is 1.67 bits per heavy atom. The van der Waals surface area contributed by atoms with Crippen molar-refractivity contribution in [1.82, 2.24) is 4.98 Å². The summed E-state index contributed by atoms with van der Waals surface area (Å²) in [4.78, 5) is 12.8. The molecule has 0 amide bonds. The number of alkyl halides is 2. The molecule has 0 unspecified atom stereocenters. The van der Waals surface area contributed by atoms with Crippen LogP contribution in [0.3, 0.4) is 0 Å². The van der Waals surface area contributed by atoms with Gasteiger partial charge in [0.1, 0.15) is 17.6 Å². The minimum atomic E-state index is -3.09. The molecular weight excluding hydrogens is 212 g/mol. The molecule has 0 radical (unpaired) electrons. The van der Waals surface area contributed by atoms with Crippen molar-refractivity contribution in [3.63, 3.8) is 0 Å². The number of rotatable bonds is 3. The fourth-order valence-electron chi connectivity index (χ4n) is 1.13. The molecule has 0 atom stereocenters. The van der Waals surface area contributed by atoms with Gasteiger partial charge in [-0.15, -0.1) is 0 Å². The van der Waals surface area contributed by atoms with Gasteiger partial charge < -0.3 is 10.8 Å². The third-order valence-corrected chi connectivity index (χ3v) is 1.81. The summed E-state index contributed by atoms with van der Waals surface area (Å²) >= 11 is 0. The number of nitrogens with zero attached hydrogens (tertiary/aromatic N) is 2. The first-order chi connectivity index (χ1) is 6.99. The smallest absolute Gasteiger partial charge is 0.296 e. The van der Waals surface area contributed by atoms with E-state index in [1.165, 1.54) is 0 Å². The van der Waals surface area contributed by atoms with Crippen molar-refractivity contribution in [3.05, 3.63) is 27.4 Å². The Kier molecular flexibility index (Phi) is 3.10. The highest BCUT2D eigenvalue weighted by Gasteiger charge is 2.27. The second-order valence-electron chi connectivity index (χ2n) is 2.64. The molecule has 8 heteroatoms. The van der Waals surface area contributed by atoms with E-state index >= 15 is 0 Å². The van der Waals surface area contributed by atoms with Crippen LogP contribution >= 0.6 is 0 Å². The number of nitro groups is 1. The molecule has 0 saturated carbocycles. The maximum atomic E-state index is 12.5. The van der Waals surface area contributed by atoms with Gasteiger partial charge in [-0.2, -0.15) is 0 Å². The molecule has 1 rings (SSSR count). The van der Waals surface area contributed by atoms with Crippen LogP contribution in [0.4, 0.5) is 20.3 Å². The first kappa shape index (κ1) is 11.2. The molecule has 0 aliphatic carbocycles. The average molecular weight is 219 g/mol. The zero-order chi connectivity index (χ0) is 11.6. The Morgan fingerprint density at radius 3 is 2.67 bits per heavy atom. The molecule has 6 nitrogen and oxygen atoms in total. The number of pyridine rings is 1. The summed E-state index contributed by atoms with van der Waals surface area (Å²) in [7, 11) is 0. The first-order valence-corrected chi connectivity index (χ1v) is 3.79. The number of aromatic nitrogens is 1. The fraction of sp³-hybridized carbons (Fsp3) is 0.286. The number of aliphatic hydroxyl groups is 1. The van der Waals surface area contributed by atoms with Gasteiger partial charge in [-0.05, 0) is 0 Å². The Balaban J connectivity index is 3.49. The van der Waals surface area contributed by atoms with E-state index in [4.69, 9.17) is 10.8 Å². The topological polar surface area (TPSA) is 102 Å². The summed E-state index contributed by atoms with van der Waals surface area (Å²) < 4.78 is 25.0. The van der Waals surface area contributed by atoms with Crippen LogP contribution in [0, 0.1) is 10.1 Å². The number of nitrogen functional groups attached to an aromatic ring is 1. The van der Waals surface area contributed by atoms with Crippen LogP contribution in [0.1, 0.15) is 17.6 Å². The van der Waals surface area contributed by atoms with Gasteiger partial charge in [0.15, 0.2) is 0 Å². The zero-order valence-electron chi connectivity index (χ0n) is 7.35. The van der Waals surface area contributed by atoms with Crippen LogP contribution in [0.15, 0.2) is 6.20 Å². The van der Waals surface area contributed by atoms with E-state index in [1.807, 2.05) is 0 Å². The highest BCUT2D eigenvalue weighted by atomic mass is 19.3. The second kappa shape index (κ2) is 4.13. The Bertz CT molecular complexity index is 397. The summed E-state index contributed by atoms with van der Waals surface area (Å²) in [6, 6.07) is 0. The van der Waals surface area contributed by atoms with Crippen molar-refractivity contribution in [1.29, 1.82) is 0 Å². The maximum absolute atomic E-state index is 12.5. The lowest BCUT2D eigenvalue weighted by Crippen LogP contribution is -2.07. The fourth-order valence-corrected chi connectivity index (χ4v) is 1.13. The van der Waals surface area contributed by atoms with Crippen molar-refractivity contribution in [2.75, 3.05) is 5.73 Å². The van der Waals surface area contributed by atoms with Gasteiger partial charge in [0.25, 0.3) is 12.1 Å². The lowest BCUT2D eigenvalue weighted by Gasteiger charge is -2.08. The van der Waals surface area contributed by atoms with Crippen LogP contribution < -0.4 is 5.73 Å². The molecule has 82 valence electrons. The van der Waals surface area contributed by atoms with Crippen molar-refractivity contribution < 1.29 is 18.8 Å². The van der Waals surface area contributed by atoms with Crippen molar-refractivity contribution >= 4 is 11.5 Å². The number of anilines is 1. The number of hydrogen-bond donors (Lipinski definition) is 2. The van der Waals surface area contributed by atoms with Crippen LogP contribution in [-0.2, 0) is 6.61 Å². The lowest BCUT2D eigenvalue weighted by molar-refractivity contribution is -0.386. The lowest BCUT2D eigenvalue weighted by atomic mass is 10.1. The number of hydrogen-bond acceptors (Lipinski definition) is 5. The number of aliphatic hydroxyl groups excluding tert-OH is 1. The molecule has 0 aromatic carbocycles. The minimum absolute atomic E-state index is 0.335. The summed E-state index contributed by atoms with van der Waals surface area (Å²) in [5, 5.41) is 19.2. The molecule has 3 N–H and O–H groups in total. The van der Waals surface area contributed by atoms with Gasteiger partial charge >= 0.3 is 0 Å². The van der Waals surface area contributed by atoms with Gasteiger partial charge in [0, 0.05) is 5.56 Å². The predicted octanol–water partition coefficient (Wildman–Crippen LogP) is 1.00. The van der Waals surface area contributed by atoms with Gasteiger partial charge in [0.05, 0.1) is 11.5 Å². The molecule has 0 fully saturated rings. The quantitative estimate of drug-likeness (QED) is 0.583. The van der Waals surface area contributed by atoms with E-state index in [0.717, 1.165) is 0 Å². The van der Waals surface area contributed by atoms with E-state index in [2.05, 4.69) is 4.98 Å². The molecule has 0 aliphatic rings. The molecule has 0 aliphatic heterocycles. The SMILES string of the molecule is Nc1ncc([N+](=O)[O-])c(C(F)F)c1CO. The Hall–Kier alpha value is -1.83. The molecule has 1 aromatic rings. The third-order valence-electron chi connectivity index (χ3n) is 1.81. The molecule has 0 bridgehead atoms. The Labute approximate surface area is 82.5 Å². The minimum Gasteiger partial charge on any atom is -0.392 e. The van der Waals surface area contributed by atoms with Crippen LogP contribution in [0.25, 0.3) is 0 Å². The molecular formula is C7H7F2N3O3. The second-order valence-corrected chi connectivity index (χ2v) is 2.64.